The van der Waals surface area contributed by atoms with E-state index in [4.69, 9.17) is 4.42 Å². The molecule has 1 saturated carbocycles. The summed E-state index contributed by atoms with van der Waals surface area (Å²) in [6, 6.07) is 11.0. The first-order chi connectivity index (χ1) is 9.90. The zero-order chi connectivity index (χ0) is 13.4. The van der Waals surface area contributed by atoms with Gasteiger partial charge in [-0.25, -0.2) is 0 Å². The van der Waals surface area contributed by atoms with Crippen LogP contribution in [0, 0.1) is 0 Å². The first-order valence-electron chi connectivity index (χ1n) is 7.09. The molecule has 0 spiro atoms. The molecule has 1 aliphatic rings. The largest absolute Gasteiger partial charge is 0.468 e. The van der Waals surface area contributed by atoms with E-state index in [-0.39, 0.29) is 0 Å². The number of hydrogen-bond acceptors (Lipinski definition) is 3. The molecular formula is C16H17N3O. The minimum Gasteiger partial charge on any atom is -0.468 e. The van der Waals surface area contributed by atoms with E-state index in [1.807, 2.05) is 29.1 Å². The molecule has 0 radical (unpaired) electrons. The minimum absolute atomic E-state index is 0.693. The summed E-state index contributed by atoms with van der Waals surface area (Å²) in [6.07, 6.45) is 6.27. The van der Waals surface area contributed by atoms with Gasteiger partial charge in [-0.05, 0) is 25.0 Å². The number of fused-ring (bicyclic) bond motifs is 1. The smallest absolute Gasteiger partial charge is 0.122 e. The molecule has 2 heterocycles. The number of benzene rings is 1. The molecule has 1 aromatic carbocycles. The molecule has 2 aromatic heterocycles. The summed E-state index contributed by atoms with van der Waals surface area (Å²) in [5, 5.41) is 9.14. The number of nitrogens with zero attached hydrogens (tertiary/aromatic N) is 2. The second-order valence-electron chi connectivity index (χ2n) is 5.39. The Morgan fingerprint density at radius 2 is 2.15 bits per heavy atom. The number of aromatic nitrogens is 2. The molecule has 4 rings (SSSR count). The third kappa shape index (κ3) is 2.23. The van der Waals surface area contributed by atoms with Gasteiger partial charge in [0, 0.05) is 17.0 Å². The maximum atomic E-state index is 5.60. The quantitative estimate of drug-likeness (QED) is 0.773. The molecule has 20 heavy (non-hydrogen) atoms. The van der Waals surface area contributed by atoms with Crippen molar-refractivity contribution in [2.45, 2.75) is 32.0 Å². The molecule has 0 amide bonds. The van der Waals surface area contributed by atoms with Gasteiger partial charge < -0.3 is 9.73 Å². The maximum Gasteiger partial charge on any atom is 0.122 e. The van der Waals surface area contributed by atoms with Crippen LogP contribution in [0.1, 0.15) is 24.2 Å². The SMILES string of the molecule is c1ccc2c(c1)cnn2Cc1ccoc1CNC1CC1. The summed E-state index contributed by atoms with van der Waals surface area (Å²) >= 11 is 0. The second-order valence-corrected chi connectivity index (χ2v) is 5.39. The Balaban J connectivity index is 1.57. The lowest BCUT2D eigenvalue weighted by atomic mass is 10.2. The summed E-state index contributed by atoms with van der Waals surface area (Å²) in [7, 11) is 0. The number of furan rings is 1. The lowest BCUT2D eigenvalue weighted by Gasteiger charge is -2.05. The average Bonchev–Trinajstić information content (AvgIpc) is 3.07. The van der Waals surface area contributed by atoms with Gasteiger partial charge in [0.05, 0.1) is 31.1 Å². The monoisotopic (exact) mass is 267 g/mol. The zero-order valence-corrected chi connectivity index (χ0v) is 11.2. The van der Waals surface area contributed by atoms with Crippen LogP contribution in [-0.2, 0) is 13.1 Å². The highest BCUT2D eigenvalue weighted by atomic mass is 16.3. The van der Waals surface area contributed by atoms with Crippen LogP contribution in [0.4, 0.5) is 0 Å². The van der Waals surface area contributed by atoms with Crippen molar-refractivity contribution in [3.63, 3.8) is 0 Å². The van der Waals surface area contributed by atoms with Crippen LogP contribution in [0.2, 0.25) is 0 Å². The van der Waals surface area contributed by atoms with E-state index in [2.05, 4.69) is 22.5 Å². The summed E-state index contributed by atoms with van der Waals surface area (Å²) in [5.41, 5.74) is 2.36. The Kier molecular flexibility index (Phi) is 2.81. The number of rotatable bonds is 5. The van der Waals surface area contributed by atoms with E-state index in [1.54, 1.807) is 6.26 Å². The predicted octanol–water partition coefficient (Wildman–Crippen LogP) is 2.93. The van der Waals surface area contributed by atoms with Gasteiger partial charge in [0.2, 0.25) is 0 Å². The maximum absolute atomic E-state index is 5.60. The molecule has 0 aliphatic heterocycles. The van der Waals surface area contributed by atoms with Crippen molar-refractivity contribution < 1.29 is 4.42 Å². The molecular weight excluding hydrogens is 250 g/mol. The van der Waals surface area contributed by atoms with Gasteiger partial charge in [-0.3, -0.25) is 4.68 Å². The van der Waals surface area contributed by atoms with E-state index in [9.17, 15) is 0 Å². The van der Waals surface area contributed by atoms with Gasteiger partial charge in [0.15, 0.2) is 0 Å². The molecule has 4 heteroatoms. The Hall–Kier alpha value is -2.07. The van der Waals surface area contributed by atoms with E-state index < -0.39 is 0 Å². The van der Waals surface area contributed by atoms with Crippen LogP contribution in [0.5, 0.6) is 0 Å². The number of nitrogens with one attached hydrogen (secondary N) is 1. The highest BCUT2D eigenvalue weighted by molar-refractivity contribution is 5.78. The van der Waals surface area contributed by atoms with Gasteiger partial charge in [-0.15, -0.1) is 0 Å². The molecule has 3 aromatic rings. The molecule has 0 bridgehead atoms. The summed E-state index contributed by atoms with van der Waals surface area (Å²) < 4.78 is 7.63. The Morgan fingerprint density at radius 3 is 3.05 bits per heavy atom. The van der Waals surface area contributed by atoms with Crippen LogP contribution < -0.4 is 5.32 Å². The van der Waals surface area contributed by atoms with Gasteiger partial charge in [0.25, 0.3) is 0 Å². The lowest BCUT2D eigenvalue weighted by Crippen LogP contribution is -2.16. The van der Waals surface area contributed by atoms with Crippen LogP contribution in [0.25, 0.3) is 10.9 Å². The Morgan fingerprint density at radius 1 is 1.25 bits per heavy atom. The third-order valence-electron chi connectivity index (χ3n) is 3.84. The van der Waals surface area contributed by atoms with E-state index in [1.165, 1.54) is 23.8 Å². The number of hydrogen-bond donors (Lipinski definition) is 1. The molecule has 0 unspecified atom stereocenters. The minimum atomic E-state index is 0.693. The fourth-order valence-corrected chi connectivity index (χ4v) is 2.50. The molecule has 1 N–H and O–H groups in total. The van der Waals surface area contributed by atoms with E-state index in [0.717, 1.165) is 24.4 Å². The van der Waals surface area contributed by atoms with Crippen LogP contribution >= 0.6 is 0 Å². The normalized spacial score (nSPS) is 15.0. The third-order valence-corrected chi connectivity index (χ3v) is 3.84. The van der Waals surface area contributed by atoms with Crippen molar-refractivity contribution in [3.05, 3.63) is 54.1 Å². The first kappa shape index (κ1) is 11.7. The van der Waals surface area contributed by atoms with Crippen molar-refractivity contribution in [2.75, 3.05) is 0 Å². The zero-order valence-electron chi connectivity index (χ0n) is 11.2. The van der Waals surface area contributed by atoms with Crippen LogP contribution in [-0.4, -0.2) is 15.8 Å². The lowest BCUT2D eigenvalue weighted by molar-refractivity contribution is 0.475. The van der Waals surface area contributed by atoms with Crippen molar-refractivity contribution in [2.24, 2.45) is 0 Å². The van der Waals surface area contributed by atoms with E-state index >= 15 is 0 Å². The van der Waals surface area contributed by atoms with Gasteiger partial charge in [-0.2, -0.15) is 5.10 Å². The standard InChI is InChI=1S/C16H17N3O/c1-2-4-15-12(3-1)9-18-19(15)11-13-7-8-20-16(13)10-17-14-5-6-14/h1-4,7-9,14,17H,5-6,10-11H2. The van der Waals surface area contributed by atoms with E-state index in [0.29, 0.717) is 6.04 Å². The highest BCUT2D eigenvalue weighted by Crippen LogP contribution is 2.21. The Bertz CT molecular complexity index is 724. The molecule has 0 atom stereocenters. The molecule has 4 nitrogen and oxygen atoms in total. The van der Waals surface area contributed by atoms with Crippen LogP contribution in [0.15, 0.2) is 47.2 Å². The Labute approximate surface area is 117 Å². The number of para-hydroxylation sites is 1. The van der Waals surface area contributed by atoms with Gasteiger partial charge >= 0.3 is 0 Å². The predicted molar refractivity (Wildman–Crippen MR) is 77.4 cm³/mol. The molecule has 102 valence electrons. The van der Waals surface area contributed by atoms with Crippen molar-refractivity contribution in [1.82, 2.24) is 15.1 Å². The van der Waals surface area contributed by atoms with Gasteiger partial charge in [-0.1, -0.05) is 18.2 Å². The summed E-state index contributed by atoms with van der Waals surface area (Å²) in [5.74, 6) is 1.02. The fourth-order valence-electron chi connectivity index (χ4n) is 2.50. The second kappa shape index (κ2) is 4.80. The van der Waals surface area contributed by atoms with Gasteiger partial charge in [0.1, 0.15) is 5.76 Å². The van der Waals surface area contributed by atoms with Crippen molar-refractivity contribution in [3.8, 4) is 0 Å². The van der Waals surface area contributed by atoms with Crippen molar-refractivity contribution >= 4 is 10.9 Å². The molecule has 0 saturated heterocycles. The molecule has 1 aliphatic carbocycles. The summed E-state index contributed by atoms with van der Waals surface area (Å²) in [6.45, 7) is 1.57. The highest BCUT2D eigenvalue weighted by Gasteiger charge is 2.21. The average molecular weight is 267 g/mol. The fraction of sp³-hybridized carbons (Fsp3) is 0.312. The summed E-state index contributed by atoms with van der Waals surface area (Å²) in [4.78, 5) is 0. The molecule has 1 fully saturated rings. The van der Waals surface area contributed by atoms with Crippen molar-refractivity contribution in [1.29, 1.82) is 0 Å². The topological polar surface area (TPSA) is 43.0 Å². The first-order valence-corrected chi connectivity index (χ1v) is 7.09. The van der Waals surface area contributed by atoms with Crippen LogP contribution in [0.3, 0.4) is 0 Å².